The second-order valence-corrected chi connectivity index (χ2v) is 5.52. The minimum atomic E-state index is -0.198. The average Bonchev–Trinajstić information content (AvgIpc) is 1.62. The van der Waals surface area contributed by atoms with Gasteiger partial charge in [0.05, 0.1) is 0 Å². The molecule has 0 aliphatic heterocycles. The van der Waals surface area contributed by atoms with Crippen LogP contribution in [0.4, 0.5) is 0 Å². The molecule has 0 aromatic rings. The van der Waals surface area contributed by atoms with Crippen LogP contribution in [0.1, 0.15) is 20.8 Å². The molecule has 9 heavy (non-hydrogen) atoms. The van der Waals surface area contributed by atoms with E-state index in [-0.39, 0.29) is 11.3 Å². The Kier molecular flexibility index (Phi) is 3.06. The van der Waals surface area contributed by atoms with Gasteiger partial charge in [-0.15, -0.1) is 0 Å². The predicted octanol–water partition coefficient (Wildman–Crippen LogP) is 0.953. The molecule has 0 aliphatic rings. The third-order valence-corrected chi connectivity index (χ3v) is 1.68. The molecule has 0 aromatic heterocycles. The molecule has 0 heterocycles. The number of carbonyl (C=O) groups is 1. The fourth-order valence-electron chi connectivity index (χ4n) is 0.503. The van der Waals surface area contributed by atoms with Gasteiger partial charge in [0.25, 0.3) is 0 Å². The molecule has 0 unspecified atom stereocenters. The fraction of sp³-hybridized carbons (Fsp3) is 0.833. The molecule has 0 spiro atoms. The van der Waals surface area contributed by atoms with Crippen LogP contribution in [0.2, 0.25) is 0 Å². The summed E-state index contributed by atoms with van der Waals surface area (Å²) in [5.41, 5.74) is -0.198. The average molecular weight is 293 g/mol. The van der Waals surface area contributed by atoms with E-state index in [2.05, 4.69) is 0 Å². The number of amides is 1. The molecular weight excluding hydrogens is 281 g/mol. The maximum atomic E-state index is 11.1. The van der Waals surface area contributed by atoms with Crippen molar-refractivity contribution in [1.29, 1.82) is 0 Å². The number of hydrogen-bond donors (Lipinski definition) is 0. The van der Waals surface area contributed by atoms with Crippen molar-refractivity contribution in [2.45, 2.75) is 20.8 Å². The van der Waals surface area contributed by atoms with Crippen molar-refractivity contribution in [3.05, 3.63) is 0 Å². The van der Waals surface area contributed by atoms with Gasteiger partial charge in [-0.3, -0.25) is 0 Å². The number of carbonyl (C=O) groups excluding carboxylic acids is 1. The molecule has 0 saturated heterocycles. The van der Waals surface area contributed by atoms with Gasteiger partial charge in [0, 0.05) is 0 Å². The van der Waals surface area contributed by atoms with Crippen molar-refractivity contribution in [2.75, 3.05) is 7.05 Å². The number of hydrogen-bond acceptors (Lipinski definition) is 1. The zero-order valence-corrected chi connectivity index (χ0v) is 9.95. The van der Waals surface area contributed by atoms with E-state index in [1.807, 2.05) is 27.8 Å². The Morgan fingerprint density at radius 3 is 1.78 bits per heavy atom. The Hall–Kier alpha value is 0.340. The molecule has 3 heteroatoms. The van der Waals surface area contributed by atoms with Gasteiger partial charge in [-0.25, -0.2) is 0 Å². The Labute approximate surface area is 71.6 Å². The van der Waals surface area contributed by atoms with Gasteiger partial charge in [-0.05, 0) is 0 Å². The van der Waals surface area contributed by atoms with Crippen LogP contribution < -0.4 is 0 Å². The van der Waals surface area contributed by atoms with Crippen LogP contribution in [0.3, 0.4) is 0 Å². The first-order valence-corrected chi connectivity index (χ1v) is 4.46. The molecule has 0 radical (unpaired) electrons. The zero-order chi connectivity index (χ0) is 7.65. The summed E-state index contributed by atoms with van der Waals surface area (Å²) in [6.45, 7) is 5.80. The van der Waals surface area contributed by atoms with Crippen LogP contribution in [0.25, 0.3) is 0 Å². The van der Waals surface area contributed by atoms with E-state index in [9.17, 15) is 4.79 Å². The summed E-state index contributed by atoms with van der Waals surface area (Å²) >= 11 is 0.817. The first-order valence-electron chi connectivity index (χ1n) is 2.85. The SMILES string of the molecule is C[N]([Hf])C(=O)C(C)(C)C. The summed E-state index contributed by atoms with van der Waals surface area (Å²) in [6, 6.07) is 0. The molecule has 0 aromatic carbocycles. The molecule has 1 amide bonds. The van der Waals surface area contributed by atoms with Gasteiger partial charge in [-0.1, -0.05) is 0 Å². The molecule has 0 aliphatic carbocycles. The first-order chi connectivity index (χ1) is 3.85. The van der Waals surface area contributed by atoms with Crippen LogP contribution in [-0.2, 0) is 29.5 Å². The standard InChI is InChI=1S/C6H13NO.Hf/c1-6(2,3)5(8)7-4;/h1-4H3,(H,7,8);/q;+1/p-1. The molecule has 0 bridgehead atoms. The molecule has 2 nitrogen and oxygen atoms in total. The number of nitrogens with zero attached hydrogens (tertiary/aromatic N) is 1. The van der Waals surface area contributed by atoms with Crippen LogP contribution >= 0.6 is 0 Å². The fourth-order valence-corrected chi connectivity index (χ4v) is 1.71. The summed E-state index contributed by atoms with van der Waals surface area (Å²) in [5.74, 6) is 0.231. The van der Waals surface area contributed by atoms with Crippen molar-refractivity contribution < 1.29 is 29.5 Å². The summed E-state index contributed by atoms with van der Waals surface area (Å²) < 4.78 is 1.75. The molecule has 0 saturated carbocycles. The molecule has 0 rings (SSSR count). The molecular formula is C6H12HfNO. The first kappa shape index (κ1) is 9.34. The Bertz CT molecular complexity index is 115. The summed E-state index contributed by atoms with van der Waals surface area (Å²) in [7, 11) is 1.83. The quantitative estimate of drug-likeness (QED) is 0.609. The van der Waals surface area contributed by atoms with E-state index in [1.165, 1.54) is 0 Å². The van der Waals surface area contributed by atoms with Gasteiger partial charge in [0.15, 0.2) is 0 Å². The predicted molar refractivity (Wildman–Crippen MR) is 32.2 cm³/mol. The van der Waals surface area contributed by atoms with Crippen molar-refractivity contribution in [3.8, 4) is 0 Å². The molecule has 0 atom stereocenters. The van der Waals surface area contributed by atoms with Gasteiger partial charge in [0.1, 0.15) is 0 Å². The maximum absolute atomic E-state index is 11.1. The van der Waals surface area contributed by atoms with Crippen LogP contribution in [0.5, 0.6) is 0 Å². The van der Waals surface area contributed by atoms with Crippen LogP contribution in [-0.4, -0.2) is 15.8 Å². The van der Waals surface area contributed by atoms with Gasteiger partial charge >= 0.3 is 71.5 Å². The van der Waals surface area contributed by atoms with Crippen molar-refractivity contribution in [1.82, 2.24) is 2.89 Å². The van der Waals surface area contributed by atoms with Crippen molar-refractivity contribution >= 4 is 5.91 Å². The normalized spacial score (nSPS) is 11.0. The minimum absolute atomic E-state index is 0.198. The summed E-state index contributed by atoms with van der Waals surface area (Å²) in [6.07, 6.45) is 0. The number of rotatable bonds is 0. The third kappa shape index (κ3) is 3.14. The second kappa shape index (κ2) is 2.95. The van der Waals surface area contributed by atoms with Gasteiger partial charge in [-0.2, -0.15) is 0 Å². The van der Waals surface area contributed by atoms with Crippen LogP contribution in [0, 0.1) is 5.41 Å². The Morgan fingerprint density at radius 1 is 1.44 bits per heavy atom. The van der Waals surface area contributed by atoms with E-state index in [0.29, 0.717) is 0 Å². The second-order valence-electron chi connectivity index (χ2n) is 3.11. The van der Waals surface area contributed by atoms with E-state index < -0.39 is 0 Å². The van der Waals surface area contributed by atoms with E-state index in [1.54, 1.807) is 2.89 Å². The molecule has 0 N–H and O–H groups in total. The van der Waals surface area contributed by atoms with Crippen molar-refractivity contribution in [2.24, 2.45) is 5.41 Å². The monoisotopic (exact) mass is 294 g/mol. The Morgan fingerprint density at radius 2 is 1.78 bits per heavy atom. The van der Waals surface area contributed by atoms with E-state index >= 15 is 0 Å². The molecule has 0 fully saturated rings. The van der Waals surface area contributed by atoms with Gasteiger partial charge < -0.3 is 0 Å². The summed E-state index contributed by atoms with van der Waals surface area (Å²) in [4.78, 5) is 11.1. The van der Waals surface area contributed by atoms with Crippen LogP contribution in [0.15, 0.2) is 0 Å². The van der Waals surface area contributed by atoms with E-state index in [0.717, 1.165) is 24.7 Å². The van der Waals surface area contributed by atoms with Crippen molar-refractivity contribution in [3.63, 3.8) is 0 Å². The third-order valence-electron chi connectivity index (χ3n) is 0.946. The molecule has 51 valence electrons. The topological polar surface area (TPSA) is 20.3 Å². The Balaban J connectivity index is 4.06. The van der Waals surface area contributed by atoms with Gasteiger partial charge in [0.2, 0.25) is 0 Å². The summed E-state index contributed by atoms with van der Waals surface area (Å²) in [5, 5.41) is 0. The zero-order valence-electron chi connectivity index (χ0n) is 6.36. The van der Waals surface area contributed by atoms with E-state index in [4.69, 9.17) is 0 Å².